The van der Waals surface area contributed by atoms with Crippen LogP contribution in [-0.4, -0.2) is 20.3 Å². The summed E-state index contributed by atoms with van der Waals surface area (Å²) < 4.78 is 24.0. The van der Waals surface area contributed by atoms with Gasteiger partial charge in [-0.1, -0.05) is 23.7 Å². The third-order valence-electron chi connectivity index (χ3n) is 2.68. The first-order chi connectivity index (χ1) is 9.70. The fourth-order valence-electron chi connectivity index (χ4n) is 1.70. The van der Waals surface area contributed by atoms with Crippen molar-refractivity contribution in [2.24, 2.45) is 0 Å². The van der Waals surface area contributed by atoms with Crippen LogP contribution in [0.15, 0.2) is 42.5 Å². The first kappa shape index (κ1) is 14.5. The van der Waals surface area contributed by atoms with Crippen LogP contribution in [0.2, 0.25) is 5.02 Å². The van der Waals surface area contributed by atoms with Crippen molar-refractivity contribution in [3.8, 4) is 11.5 Å². The predicted molar refractivity (Wildman–Crippen MR) is 78.4 cm³/mol. The topological polar surface area (TPSA) is 30.5 Å². The number of ether oxygens (including phenoxy) is 2. The van der Waals surface area contributed by atoms with E-state index in [1.807, 2.05) is 24.3 Å². The molecule has 0 aromatic heterocycles. The van der Waals surface area contributed by atoms with Crippen LogP contribution in [0, 0.1) is 5.82 Å². The van der Waals surface area contributed by atoms with E-state index in [4.69, 9.17) is 21.1 Å². The highest BCUT2D eigenvalue weighted by Gasteiger charge is 2.03. The van der Waals surface area contributed by atoms with E-state index in [1.54, 1.807) is 13.2 Å². The Hall–Kier alpha value is -1.94. The second kappa shape index (κ2) is 7.01. The van der Waals surface area contributed by atoms with Gasteiger partial charge in [-0.3, -0.25) is 0 Å². The molecule has 20 heavy (non-hydrogen) atoms. The SMILES string of the molecule is COc1ccccc1OCCNc1ccc(Cl)c(F)c1. The Bertz CT molecular complexity index is 578. The molecule has 3 nitrogen and oxygen atoms in total. The summed E-state index contributed by atoms with van der Waals surface area (Å²) in [5.41, 5.74) is 0.663. The minimum absolute atomic E-state index is 0.112. The number of methoxy groups -OCH3 is 1. The number of hydrogen-bond acceptors (Lipinski definition) is 3. The Balaban J connectivity index is 1.83. The lowest BCUT2D eigenvalue weighted by atomic mass is 10.3. The van der Waals surface area contributed by atoms with Crippen molar-refractivity contribution in [1.82, 2.24) is 0 Å². The van der Waals surface area contributed by atoms with E-state index in [9.17, 15) is 4.39 Å². The van der Waals surface area contributed by atoms with E-state index < -0.39 is 5.82 Å². The molecule has 0 spiro atoms. The van der Waals surface area contributed by atoms with Crippen molar-refractivity contribution in [1.29, 1.82) is 0 Å². The molecular weight excluding hydrogens is 281 g/mol. The third-order valence-corrected chi connectivity index (χ3v) is 2.98. The largest absolute Gasteiger partial charge is 0.493 e. The Morgan fingerprint density at radius 3 is 2.60 bits per heavy atom. The molecule has 0 saturated heterocycles. The average Bonchev–Trinajstić information content (AvgIpc) is 2.47. The van der Waals surface area contributed by atoms with E-state index >= 15 is 0 Å². The van der Waals surface area contributed by atoms with Gasteiger partial charge in [0.1, 0.15) is 12.4 Å². The lowest BCUT2D eigenvalue weighted by Gasteiger charge is -2.11. The summed E-state index contributed by atoms with van der Waals surface area (Å²) in [7, 11) is 1.59. The molecule has 0 saturated carbocycles. The monoisotopic (exact) mass is 295 g/mol. The van der Waals surface area contributed by atoms with Gasteiger partial charge < -0.3 is 14.8 Å². The molecule has 0 fully saturated rings. The van der Waals surface area contributed by atoms with E-state index in [0.717, 1.165) is 0 Å². The van der Waals surface area contributed by atoms with Crippen LogP contribution in [-0.2, 0) is 0 Å². The maximum absolute atomic E-state index is 13.2. The molecule has 2 aromatic rings. The van der Waals surface area contributed by atoms with Gasteiger partial charge in [0.15, 0.2) is 11.5 Å². The summed E-state index contributed by atoms with van der Waals surface area (Å²) in [5, 5.41) is 3.17. The van der Waals surface area contributed by atoms with Crippen LogP contribution < -0.4 is 14.8 Å². The molecule has 0 radical (unpaired) electrons. The first-order valence-electron chi connectivity index (χ1n) is 6.15. The van der Waals surface area contributed by atoms with Crippen molar-refractivity contribution < 1.29 is 13.9 Å². The van der Waals surface area contributed by atoms with Crippen LogP contribution in [0.25, 0.3) is 0 Å². The van der Waals surface area contributed by atoms with E-state index in [1.165, 1.54) is 12.1 Å². The van der Waals surface area contributed by atoms with Gasteiger partial charge in [0, 0.05) is 12.2 Å². The molecule has 106 valence electrons. The second-order valence-electron chi connectivity index (χ2n) is 4.05. The summed E-state index contributed by atoms with van der Waals surface area (Å²) in [5.74, 6) is 0.923. The van der Waals surface area contributed by atoms with E-state index in [-0.39, 0.29) is 5.02 Å². The Morgan fingerprint density at radius 1 is 1.15 bits per heavy atom. The molecule has 0 aliphatic rings. The highest BCUT2D eigenvalue weighted by atomic mass is 35.5. The van der Waals surface area contributed by atoms with Crippen LogP contribution in [0.3, 0.4) is 0 Å². The molecular formula is C15H15ClFNO2. The maximum atomic E-state index is 13.2. The number of para-hydroxylation sites is 2. The number of rotatable bonds is 6. The van der Waals surface area contributed by atoms with E-state index in [2.05, 4.69) is 5.32 Å². The summed E-state index contributed by atoms with van der Waals surface area (Å²) in [6.45, 7) is 0.976. The zero-order valence-electron chi connectivity index (χ0n) is 11.0. The number of benzene rings is 2. The number of anilines is 1. The number of halogens is 2. The Kier molecular flexibility index (Phi) is 5.07. The van der Waals surface area contributed by atoms with Crippen molar-refractivity contribution in [3.05, 3.63) is 53.3 Å². The Morgan fingerprint density at radius 2 is 1.90 bits per heavy atom. The smallest absolute Gasteiger partial charge is 0.161 e. The summed E-state index contributed by atoms with van der Waals surface area (Å²) in [4.78, 5) is 0. The van der Waals surface area contributed by atoms with Crippen molar-refractivity contribution in [3.63, 3.8) is 0 Å². The molecule has 0 unspecified atom stereocenters. The zero-order valence-corrected chi connectivity index (χ0v) is 11.8. The minimum atomic E-state index is -0.442. The molecule has 0 aliphatic heterocycles. The average molecular weight is 296 g/mol. The van der Waals surface area contributed by atoms with Gasteiger partial charge in [0.25, 0.3) is 0 Å². The molecule has 5 heteroatoms. The van der Waals surface area contributed by atoms with Gasteiger partial charge in [0.2, 0.25) is 0 Å². The molecule has 0 amide bonds. The summed E-state index contributed by atoms with van der Waals surface area (Å²) in [6.07, 6.45) is 0. The first-order valence-corrected chi connectivity index (χ1v) is 6.53. The maximum Gasteiger partial charge on any atom is 0.161 e. The van der Waals surface area contributed by atoms with Crippen molar-refractivity contribution >= 4 is 17.3 Å². The fourth-order valence-corrected chi connectivity index (χ4v) is 1.82. The van der Waals surface area contributed by atoms with Crippen LogP contribution in [0.5, 0.6) is 11.5 Å². The molecule has 0 aliphatic carbocycles. The summed E-state index contributed by atoms with van der Waals surface area (Å²) >= 11 is 5.61. The highest BCUT2D eigenvalue weighted by Crippen LogP contribution is 2.25. The van der Waals surface area contributed by atoms with Crippen LogP contribution in [0.4, 0.5) is 10.1 Å². The predicted octanol–water partition coefficient (Wildman–Crippen LogP) is 3.98. The van der Waals surface area contributed by atoms with E-state index in [0.29, 0.717) is 30.3 Å². The van der Waals surface area contributed by atoms with Gasteiger partial charge in [-0.05, 0) is 30.3 Å². The van der Waals surface area contributed by atoms with Gasteiger partial charge in [-0.2, -0.15) is 0 Å². The quantitative estimate of drug-likeness (QED) is 0.818. The van der Waals surface area contributed by atoms with Gasteiger partial charge in [0.05, 0.1) is 12.1 Å². The zero-order chi connectivity index (χ0) is 14.4. The molecule has 0 atom stereocenters. The van der Waals surface area contributed by atoms with Crippen molar-refractivity contribution in [2.75, 3.05) is 25.6 Å². The molecule has 2 rings (SSSR count). The lowest BCUT2D eigenvalue weighted by molar-refractivity contribution is 0.306. The minimum Gasteiger partial charge on any atom is -0.493 e. The Labute approximate surface area is 122 Å². The molecule has 1 N–H and O–H groups in total. The third kappa shape index (κ3) is 3.78. The number of nitrogens with one attached hydrogen (secondary N) is 1. The highest BCUT2D eigenvalue weighted by molar-refractivity contribution is 6.30. The molecule has 2 aromatic carbocycles. The lowest BCUT2D eigenvalue weighted by Crippen LogP contribution is -2.12. The molecule has 0 bridgehead atoms. The standard InChI is InChI=1S/C15H15ClFNO2/c1-19-14-4-2-3-5-15(14)20-9-8-18-11-6-7-12(16)13(17)10-11/h2-7,10,18H,8-9H2,1H3. The fraction of sp³-hybridized carbons (Fsp3) is 0.200. The van der Waals surface area contributed by atoms with Crippen LogP contribution in [0.1, 0.15) is 0 Å². The normalized spacial score (nSPS) is 10.2. The van der Waals surface area contributed by atoms with Crippen LogP contribution >= 0.6 is 11.6 Å². The van der Waals surface area contributed by atoms with Crippen molar-refractivity contribution in [2.45, 2.75) is 0 Å². The number of hydrogen-bond donors (Lipinski definition) is 1. The second-order valence-corrected chi connectivity index (χ2v) is 4.46. The summed E-state index contributed by atoms with van der Waals surface area (Å²) in [6, 6.07) is 12.0. The van der Waals surface area contributed by atoms with Gasteiger partial charge in [-0.25, -0.2) is 4.39 Å². The van der Waals surface area contributed by atoms with Gasteiger partial charge >= 0.3 is 0 Å². The van der Waals surface area contributed by atoms with Gasteiger partial charge in [-0.15, -0.1) is 0 Å². The molecule has 0 heterocycles.